The Morgan fingerprint density at radius 2 is 0.649 bits per heavy atom. The van der Waals surface area contributed by atoms with Gasteiger partial charge in [0.2, 0.25) is 0 Å². The number of unbranched alkanes of at least 4 members (excludes halogenated alkanes) is 12. The summed E-state index contributed by atoms with van der Waals surface area (Å²) in [5.41, 5.74) is 0. The zero-order valence-corrected chi connectivity index (χ0v) is 28.5. The Balaban J connectivity index is 5.41. The molecule has 0 amide bonds. The highest BCUT2D eigenvalue weighted by molar-refractivity contribution is 7.75. The average molecular weight is 540 g/mol. The van der Waals surface area contributed by atoms with Gasteiger partial charge in [0, 0.05) is 7.26 Å². The molecule has 0 N–H and O–H groups in total. The SMILES string of the molecule is CCCCCCCCCCCC[P+](CC(CC)CCCC)(CC(CC)CCCC)CC(CC)CCCC. The molecule has 0 saturated carbocycles. The molecule has 0 rings (SSSR count). The molecule has 0 saturated heterocycles. The number of hydrogen-bond acceptors (Lipinski definition) is 0. The highest BCUT2D eigenvalue weighted by atomic mass is 31.2. The Bertz CT molecular complexity index is 398. The van der Waals surface area contributed by atoms with Gasteiger partial charge in [-0.15, -0.1) is 0 Å². The molecular formula is C36H76P+. The van der Waals surface area contributed by atoms with Crippen LogP contribution in [0.25, 0.3) is 0 Å². The van der Waals surface area contributed by atoms with Crippen LogP contribution in [0.4, 0.5) is 0 Å². The van der Waals surface area contributed by atoms with Crippen molar-refractivity contribution in [3.05, 3.63) is 0 Å². The monoisotopic (exact) mass is 540 g/mol. The fraction of sp³-hybridized carbons (Fsp3) is 1.00. The molecule has 0 spiro atoms. The standard InChI is InChI=1S/C36H76P/c1-8-15-19-20-21-22-23-24-25-26-30-37(31-34(12-5)27-16-9-2,32-35(13-6)28-17-10-3)33-36(14-7)29-18-11-4/h34-36H,8-33H2,1-7H3/q+1. The lowest BCUT2D eigenvalue weighted by Crippen LogP contribution is -2.25. The van der Waals surface area contributed by atoms with Gasteiger partial charge in [0.05, 0.1) is 24.6 Å². The van der Waals surface area contributed by atoms with E-state index in [2.05, 4.69) is 48.5 Å². The fourth-order valence-corrected chi connectivity index (χ4v) is 13.3. The Labute approximate surface area is 239 Å². The van der Waals surface area contributed by atoms with E-state index in [-0.39, 0.29) is 0 Å². The maximum absolute atomic E-state index is 2.51. The van der Waals surface area contributed by atoms with Crippen LogP contribution in [-0.2, 0) is 0 Å². The van der Waals surface area contributed by atoms with E-state index in [4.69, 9.17) is 0 Å². The minimum atomic E-state index is -0.909. The van der Waals surface area contributed by atoms with E-state index in [1.165, 1.54) is 135 Å². The van der Waals surface area contributed by atoms with Gasteiger partial charge < -0.3 is 0 Å². The summed E-state index contributed by atoms with van der Waals surface area (Å²) in [7, 11) is -0.909. The van der Waals surface area contributed by atoms with Gasteiger partial charge in [0.15, 0.2) is 0 Å². The largest absolute Gasteiger partial charge is 0.0654 e. The predicted molar refractivity (Wildman–Crippen MR) is 178 cm³/mol. The van der Waals surface area contributed by atoms with Crippen LogP contribution in [0.15, 0.2) is 0 Å². The van der Waals surface area contributed by atoms with Crippen LogP contribution in [0, 0.1) is 17.8 Å². The second-order valence-corrected chi connectivity index (χ2v) is 17.3. The summed E-state index contributed by atoms with van der Waals surface area (Å²) in [5, 5.41) is 0. The molecule has 0 bridgehead atoms. The molecule has 0 aromatic rings. The molecule has 0 aromatic heterocycles. The Morgan fingerprint density at radius 1 is 0.351 bits per heavy atom. The van der Waals surface area contributed by atoms with Gasteiger partial charge in [-0.3, -0.25) is 0 Å². The van der Waals surface area contributed by atoms with Gasteiger partial charge in [0.1, 0.15) is 0 Å². The summed E-state index contributed by atoms with van der Waals surface area (Å²) >= 11 is 0. The first-order valence-corrected chi connectivity index (χ1v) is 20.4. The second kappa shape index (κ2) is 26.6. The molecule has 0 aromatic carbocycles. The Hall–Kier alpha value is 0.430. The molecule has 0 fully saturated rings. The van der Waals surface area contributed by atoms with Crippen LogP contribution < -0.4 is 0 Å². The highest BCUT2D eigenvalue weighted by Crippen LogP contribution is 2.64. The lowest BCUT2D eigenvalue weighted by molar-refractivity contribution is 0.466. The van der Waals surface area contributed by atoms with Gasteiger partial charge in [0.25, 0.3) is 0 Å². The third kappa shape index (κ3) is 20.0. The van der Waals surface area contributed by atoms with Crippen LogP contribution in [0.2, 0.25) is 0 Å². The molecule has 0 aliphatic carbocycles. The van der Waals surface area contributed by atoms with E-state index in [0.717, 1.165) is 17.8 Å². The first-order chi connectivity index (χ1) is 18.0. The van der Waals surface area contributed by atoms with E-state index in [1.54, 1.807) is 31.1 Å². The molecule has 0 heterocycles. The third-order valence-electron chi connectivity index (χ3n) is 9.55. The second-order valence-electron chi connectivity index (χ2n) is 13.0. The Kier molecular flexibility index (Phi) is 27.0. The Morgan fingerprint density at radius 3 is 0.946 bits per heavy atom. The third-order valence-corrected chi connectivity index (χ3v) is 14.7. The van der Waals surface area contributed by atoms with Crippen LogP contribution in [0.3, 0.4) is 0 Å². The summed E-state index contributed by atoms with van der Waals surface area (Å²) in [6.07, 6.45) is 38.6. The van der Waals surface area contributed by atoms with E-state index >= 15 is 0 Å². The fourth-order valence-electron chi connectivity index (χ4n) is 6.83. The van der Waals surface area contributed by atoms with Crippen molar-refractivity contribution in [3.8, 4) is 0 Å². The van der Waals surface area contributed by atoms with E-state index in [0.29, 0.717) is 0 Å². The molecule has 0 radical (unpaired) electrons. The minimum Gasteiger partial charge on any atom is -0.0654 e. The molecule has 0 aliphatic rings. The van der Waals surface area contributed by atoms with Gasteiger partial charge in [-0.05, 0) is 69.1 Å². The zero-order chi connectivity index (χ0) is 27.6. The van der Waals surface area contributed by atoms with Crippen molar-refractivity contribution in [2.75, 3.05) is 24.6 Å². The van der Waals surface area contributed by atoms with Gasteiger partial charge in [-0.1, -0.05) is 138 Å². The molecule has 224 valence electrons. The maximum atomic E-state index is 2.51. The summed E-state index contributed by atoms with van der Waals surface area (Å²) in [4.78, 5) is 0. The predicted octanol–water partition coefficient (Wildman–Crippen LogP) is 13.6. The first kappa shape index (κ1) is 37.4. The summed E-state index contributed by atoms with van der Waals surface area (Å²) in [6, 6.07) is 0. The molecule has 3 unspecified atom stereocenters. The first-order valence-electron chi connectivity index (χ1n) is 17.9. The topological polar surface area (TPSA) is 0 Å². The quantitative estimate of drug-likeness (QED) is 0.0655. The molecule has 0 nitrogen and oxygen atoms in total. The van der Waals surface area contributed by atoms with E-state index in [1.807, 2.05) is 0 Å². The zero-order valence-electron chi connectivity index (χ0n) is 27.6. The molecule has 37 heavy (non-hydrogen) atoms. The van der Waals surface area contributed by atoms with Crippen LogP contribution in [0.5, 0.6) is 0 Å². The summed E-state index contributed by atoms with van der Waals surface area (Å²) in [5.74, 6) is 3.01. The minimum absolute atomic E-state index is 0.909. The van der Waals surface area contributed by atoms with E-state index in [9.17, 15) is 0 Å². The smallest absolute Gasteiger partial charge is 0.0622 e. The van der Waals surface area contributed by atoms with Crippen LogP contribution in [0.1, 0.15) is 190 Å². The lowest BCUT2D eigenvalue weighted by Gasteiger charge is -2.36. The lowest BCUT2D eigenvalue weighted by atomic mass is 10.0. The summed E-state index contributed by atoms with van der Waals surface area (Å²) in [6.45, 7) is 17.1. The average Bonchev–Trinajstić information content (AvgIpc) is 2.92. The number of hydrogen-bond donors (Lipinski definition) is 0. The van der Waals surface area contributed by atoms with Crippen molar-refractivity contribution < 1.29 is 0 Å². The van der Waals surface area contributed by atoms with Gasteiger partial charge >= 0.3 is 0 Å². The van der Waals surface area contributed by atoms with Crippen molar-refractivity contribution in [1.29, 1.82) is 0 Å². The normalized spacial score (nSPS) is 16.0. The van der Waals surface area contributed by atoms with Crippen LogP contribution >= 0.6 is 7.26 Å². The highest BCUT2D eigenvalue weighted by Gasteiger charge is 2.42. The van der Waals surface area contributed by atoms with Crippen molar-refractivity contribution in [3.63, 3.8) is 0 Å². The van der Waals surface area contributed by atoms with Crippen molar-refractivity contribution >= 4 is 7.26 Å². The molecule has 3 atom stereocenters. The number of rotatable bonds is 29. The van der Waals surface area contributed by atoms with Crippen molar-refractivity contribution in [2.45, 2.75) is 190 Å². The van der Waals surface area contributed by atoms with E-state index < -0.39 is 7.26 Å². The summed E-state index contributed by atoms with van der Waals surface area (Å²) < 4.78 is 0. The van der Waals surface area contributed by atoms with Crippen molar-refractivity contribution in [1.82, 2.24) is 0 Å². The van der Waals surface area contributed by atoms with Crippen LogP contribution in [-0.4, -0.2) is 24.6 Å². The molecule has 1 heteroatoms. The van der Waals surface area contributed by atoms with Gasteiger partial charge in [-0.2, -0.15) is 0 Å². The van der Waals surface area contributed by atoms with Crippen molar-refractivity contribution in [2.24, 2.45) is 17.8 Å². The molecule has 0 aliphatic heterocycles. The maximum Gasteiger partial charge on any atom is 0.0622 e. The molecular weight excluding hydrogens is 463 g/mol. The van der Waals surface area contributed by atoms with Gasteiger partial charge in [-0.25, -0.2) is 0 Å².